The number of fused-ring (bicyclic) bond motifs is 2. The molecule has 0 nitrogen and oxygen atoms in total. The molecule has 29 heavy (non-hydrogen) atoms. The summed E-state index contributed by atoms with van der Waals surface area (Å²) in [5.41, 5.74) is 12.5. The van der Waals surface area contributed by atoms with Crippen LogP contribution in [0.5, 0.6) is 0 Å². The van der Waals surface area contributed by atoms with Crippen molar-refractivity contribution >= 4 is 0 Å². The smallest absolute Gasteiger partial charge is 0.0148 e. The monoisotopic (exact) mass is 386 g/mol. The molecule has 5 aliphatic rings. The minimum absolute atomic E-state index is 0.121. The van der Waals surface area contributed by atoms with Crippen LogP contribution in [0.15, 0.2) is 69.4 Å². The maximum absolute atomic E-state index is 2.59. The van der Waals surface area contributed by atoms with Crippen LogP contribution in [0.2, 0.25) is 0 Å². The highest BCUT2D eigenvalue weighted by Gasteiger charge is 2.50. The van der Waals surface area contributed by atoms with E-state index in [-0.39, 0.29) is 16.2 Å². The van der Waals surface area contributed by atoms with E-state index in [0.29, 0.717) is 11.3 Å². The second kappa shape index (κ2) is 5.57. The lowest BCUT2D eigenvalue weighted by atomic mass is 9.61. The van der Waals surface area contributed by atoms with Gasteiger partial charge in [-0.3, -0.25) is 0 Å². The molecular formula is C29H38. The third-order valence-corrected chi connectivity index (χ3v) is 8.53. The van der Waals surface area contributed by atoms with Gasteiger partial charge in [-0.2, -0.15) is 0 Å². The maximum atomic E-state index is 2.59. The molecule has 0 heteroatoms. The van der Waals surface area contributed by atoms with Crippen LogP contribution in [-0.2, 0) is 0 Å². The maximum Gasteiger partial charge on any atom is 0.0148 e. The zero-order chi connectivity index (χ0) is 21.0. The summed E-state index contributed by atoms with van der Waals surface area (Å²) in [7, 11) is 0. The Bertz CT molecular complexity index is 989. The molecule has 0 aromatic rings. The van der Waals surface area contributed by atoms with Crippen LogP contribution in [0.4, 0.5) is 0 Å². The van der Waals surface area contributed by atoms with Crippen molar-refractivity contribution in [2.75, 3.05) is 0 Å². The summed E-state index contributed by atoms with van der Waals surface area (Å²) in [5.74, 6) is 0.684. The number of hydrogen-bond donors (Lipinski definition) is 0. The fraction of sp³-hybridized carbons (Fsp3) is 0.586. The fourth-order valence-corrected chi connectivity index (χ4v) is 7.05. The Morgan fingerprint density at radius 2 is 1.48 bits per heavy atom. The molecule has 5 rings (SSSR count). The molecule has 0 saturated heterocycles. The van der Waals surface area contributed by atoms with E-state index in [1.54, 1.807) is 39.0 Å². The summed E-state index contributed by atoms with van der Waals surface area (Å²) in [4.78, 5) is 0. The van der Waals surface area contributed by atoms with Crippen molar-refractivity contribution < 1.29 is 0 Å². The quantitative estimate of drug-likeness (QED) is 0.393. The van der Waals surface area contributed by atoms with Crippen molar-refractivity contribution in [2.24, 2.45) is 27.6 Å². The fourth-order valence-electron chi connectivity index (χ4n) is 7.05. The molecule has 0 radical (unpaired) electrons. The number of hydrogen-bond acceptors (Lipinski definition) is 0. The average molecular weight is 387 g/mol. The van der Waals surface area contributed by atoms with Gasteiger partial charge in [0.05, 0.1) is 0 Å². The molecule has 154 valence electrons. The first-order valence-corrected chi connectivity index (χ1v) is 11.6. The summed E-state index contributed by atoms with van der Waals surface area (Å²) in [5, 5.41) is 0. The first-order chi connectivity index (χ1) is 13.3. The predicted octanol–water partition coefficient (Wildman–Crippen LogP) is 8.26. The molecule has 5 aliphatic carbocycles. The Morgan fingerprint density at radius 3 is 2.21 bits per heavy atom. The molecule has 0 aromatic carbocycles. The van der Waals surface area contributed by atoms with Crippen LogP contribution in [0.1, 0.15) is 81.1 Å². The largest absolute Gasteiger partial charge is 0.0786 e. The second-order valence-corrected chi connectivity index (χ2v) is 12.8. The van der Waals surface area contributed by atoms with E-state index in [9.17, 15) is 0 Å². The molecular weight excluding hydrogens is 348 g/mol. The van der Waals surface area contributed by atoms with Gasteiger partial charge in [-0.05, 0) is 70.3 Å². The summed E-state index contributed by atoms with van der Waals surface area (Å²) < 4.78 is 0. The van der Waals surface area contributed by atoms with E-state index in [1.807, 2.05) is 0 Å². The standard InChI is InChI=1S/C29H38/c1-26(2)11-9-18-14-23-21(13-19(18)16-26)25-24(28(23,5)6)15-20-17-27(3,4)12-10-22(20)29(25,7)8/h9-12,14,19H,13,15-17H2,1-8H3. The Labute approximate surface area is 178 Å². The highest BCUT2D eigenvalue weighted by molar-refractivity contribution is 5.67. The van der Waals surface area contributed by atoms with Gasteiger partial charge in [0.15, 0.2) is 0 Å². The lowest BCUT2D eigenvalue weighted by Gasteiger charge is -2.43. The molecule has 0 bridgehead atoms. The van der Waals surface area contributed by atoms with Crippen LogP contribution in [0.25, 0.3) is 0 Å². The van der Waals surface area contributed by atoms with E-state index in [0.717, 1.165) is 0 Å². The minimum atomic E-state index is 0.121. The topological polar surface area (TPSA) is 0 Å². The van der Waals surface area contributed by atoms with Gasteiger partial charge in [-0.1, -0.05) is 96.9 Å². The summed E-state index contributed by atoms with van der Waals surface area (Å²) in [6, 6.07) is 0. The van der Waals surface area contributed by atoms with Crippen LogP contribution >= 0.6 is 0 Å². The van der Waals surface area contributed by atoms with Gasteiger partial charge < -0.3 is 0 Å². The summed E-state index contributed by atoms with van der Waals surface area (Å²) in [6.07, 6.45) is 17.3. The van der Waals surface area contributed by atoms with Crippen molar-refractivity contribution in [1.29, 1.82) is 0 Å². The van der Waals surface area contributed by atoms with Crippen molar-refractivity contribution in [3.05, 3.63) is 69.4 Å². The molecule has 0 aliphatic heterocycles. The van der Waals surface area contributed by atoms with E-state index in [2.05, 4.69) is 85.8 Å². The SMILES string of the molecule is CC1(C)C=CC2=C(CC3=C(C4=C(C=C5C=CC(C)(C)CC5C4)C3(C)C)C2(C)C)C1. The molecule has 1 unspecified atom stereocenters. The van der Waals surface area contributed by atoms with Gasteiger partial charge in [-0.25, -0.2) is 0 Å². The third-order valence-electron chi connectivity index (χ3n) is 8.53. The van der Waals surface area contributed by atoms with Crippen LogP contribution in [0.3, 0.4) is 0 Å². The number of allylic oxidation sites excluding steroid dienone is 12. The zero-order valence-electron chi connectivity index (χ0n) is 19.8. The van der Waals surface area contributed by atoms with Gasteiger partial charge in [0.1, 0.15) is 0 Å². The average Bonchev–Trinajstić information content (AvgIpc) is 2.79. The van der Waals surface area contributed by atoms with E-state index < -0.39 is 0 Å². The van der Waals surface area contributed by atoms with Gasteiger partial charge >= 0.3 is 0 Å². The Kier molecular flexibility index (Phi) is 3.73. The second-order valence-electron chi connectivity index (χ2n) is 12.8. The molecule has 1 atom stereocenters. The van der Waals surface area contributed by atoms with Crippen LogP contribution in [0, 0.1) is 27.6 Å². The highest BCUT2D eigenvalue weighted by atomic mass is 14.5. The Hall–Kier alpha value is -1.56. The van der Waals surface area contributed by atoms with Gasteiger partial charge in [0.2, 0.25) is 0 Å². The van der Waals surface area contributed by atoms with Crippen molar-refractivity contribution in [3.63, 3.8) is 0 Å². The van der Waals surface area contributed by atoms with Gasteiger partial charge in [0, 0.05) is 10.8 Å². The van der Waals surface area contributed by atoms with Crippen molar-refractivity contribution in [3.8, 4) is 0 Å². The Morgan fingerprint density at radius 1 is 0.793 bits per heavy atom. The Balaban J connectivity index is 1.62. The van der Waals surface area contributed by atoms with Gasteiger partial charge in [-0.15, -0.1) is 0 Å². The van der Waals surface area contributed by atoms with Crippen LogP contribution in [-0.4, -0.2) is 0 Å². The van der Waals surface area contributed by atoms with Gasteiger partial charge in [0.25, 0.3) is 0 Å². The lowest BCUT2D eigenvalue weighted by Crippen LogP contribution is -2.30. The lowest BCUT2D eigenvalue weighted by molar-refractivity contribution is 0.345. The first kappa shape index (κ1) is 19.4. The summed E-state index contributed by atoms with van der Waals surface area (Å²) >= 11 is 0. The summed E-state index contributed by atoms with van der Waals surface area (Å²) in [6.45, 7) is 19.5. The molecule has 0 amide bonds. The van der Waals surface area contributed by atoms with Crippen molar-refractivity contribution in [1.82, 2.24) is 0 Å². The number of rotatable bonds is 0. The molecule has 0 fully saturated rings. The van der Waals surface area contributed by atoms with Crippen molar-refractivity contribution in [2.45, 2.75) is 81.1 Å². The molecule has 0 aromatic heterocycles. The molecule has 0 heterocycles. The first-order valence-electron chi connectivity index (χ1n) is 11.6. The zero-order valence-corrected chi connectivity index (χ0v) is 19.8. The predicted molar refractivity (Wildman–Crippen MR) is 125 cm³/mol. The minimum Gasteiger partial charge on any atom is -0.0786 e. The molecule has 0 N–H and O–H groups in total. The highest BCUT2D eigenvalue weighted by Crippen LogP contribution is 2.64. The van der Waals surface area contributed by atoms with E-state index in [1.165, 1.54) is 25.7 Å². The third kappa shape index (κ3) is 2.70. The molecule has 0 spiro atoms. The van der Waals surface area contributed by atoms with E-state index in [4.69, 9.17) is 0 Å². The molecule has 0 saturated carbocycles. The van der Waals surface area contributed by atoms with Crippen LogP contribution < -0.4 is 0 Å². The normalized spacial score (nSPS) is 32.6. The van der Waals surface area contributed by atoms with E-state index >= 15 is 0 Å².